The predicted octanol–water partition coefficient (Wildman–Crippen LogP) is 14.6. The second kappa shape index (κ2) is 32.8. The van der Waals surface area contributed by atoms with Crippen LogP contribution < -0.4 is 14.2 Å². The van der Waals surface area contributed by atoms with Crippen LogP contribution in [0.15, 0.2) is 146 Å². The third-order valence-corrected chi connectivity index (χ3v) is 20.0. The molecule has 1 saturated heterocycles. The van der Waals surface area contributed by atoms with Gasteiger partial charge in [0.15, 0.2) is 32.9 Å². The molecule has 6 aromatic carbocycles. The van der Waals surface area contributed by atoms with Gasteiger partial charge in [-0.1, -0.05) is 93.6 Å². The molecule has 16 heteroatoms. The van der Waals surface area contributed by atoms with Crippen molar-refractivity contribution >= 4 is 26.2 Å². The molecule has 450 valence electrons. The lowest BCUT2D eigenvalue weighted by Gasteiger charge is -2.45. The molecule has 15 nitrogen and oxygen atoms in total. The summed E-state index contributed by atoms with van der Waals surface area (Å²) < 4.78 is 55.8. The highest BCUT2D eigenvalue weighted by atomic mass is 28.4. The summed E-state index contributed by atoms with van der Waals surface area (Å²) in [5.74, 6) is 0.485. The van der Waals surface area contributed by atoms with Crippen LogP contribution in [0.1, 0.15) is 115 Å². The lowest BCUT2D eigenvalue weighted by molar-refractivity contribution is -0.302. The second-order valence-electron chi connectivity index (χ2n) is 22.8. The zero-order chi connectivity index (χ0) is 61.3. The van der Waals surface area contributed by atoms with E-state index in [2.05, 4.69) is 52.1 Å². The number of nitriles is 3. The van der Waals surface area contributed by atoms with Crippen LogP contribution in [-0.2, 0) is 42.5 Å². The Balaban J connectivity index is 0.960. The van der Waals surface area contributed by atoms with Crippen LogP contribution in [0.25, 0.3) is 33.4 Å². The number of unbranched alkanes of at least 4 members (excludes halogenated alkanes) is 6. The standard InChI is InChI=1S/C70H79N3O12Si/c1-70(2,3)86(5,6)81-49-62-66(83-63(74)16-10-7-13-43-78-59-37-31-56(32-38-59)53-25-19-50(46-71)20-26-53)67(84-64(75)17-11-8-14-44-79-60-39-33-57(34-40-60)54-27-21-51(47-72)22-28-54)68(69(77-4)82-62)85-65(76)18-12-9-15-45-80-61-41-35-58(36-42-61)55-29-23-52(48-73)24-30-55/h19-42,62,66-69H,7-18,43-45,49H2,1-6H3/t62-,66-,67+,68+,69+/m1/s1. The first kappa shape index (κ1) is 65.2. The molecule has 1 fully saturated rings. The molecule has 1 aliphatic heterocycles. The molecule has 1 aliphatic rings. The summed E-state index contributed by atoms with van der Waals surface area (Å²) in [5.41, 5.74) is 7.81. The first-order chi connectivity index (χ1) is 41.6. The Hall–Kier alpha value is -8.30. The van der Waals surface area contributed by atoms with Crippen molar-refractivity contribution in [1.29, 1.82) is 15.8 Å². The highest BCUT2D eigenvalue weighted by molar-refractivity contribution is 6.74. The van der Waals surface area contributed by atoms with E-state index in [0.717, 1.165) is 39.1 Å². The van der Waals surface area contributed by atoms with Gasteiger partial charge >= 0.3 is 17.9 Å². The number of esters is 3. The normalized spacial score (nSPS) is 16.6. The van der Waals surface area contributed by atoms with Crippen molar-refractivity contribution in [3.63, 3.8) is 0 Å². The summed E-state index contributed by atoms with van der Waals surface area (Å²) in [6.45, 7) is 11.9. The SMILES string of the molecule is CO[C@H]1O[C@H](CO[Si](C)(C)C(C)(C)C)[C@@H](OC(=O)CCCCCOc2ccc(-c3ccc(C#N)cc3)cc2)[C@H](OC(=O)CCCCCOc2ccc(-c3ccc(C#N)cc3)cc2)[C@@H]1OC(=O)CCCCCOc1ccc(-c2ccc(C#N)cc2)cc1. The third-order valence-electron chi connectivity index (χ3n) is 15.5. The maximum Gasteiger partial charge on any atom is 0.306 e. The average Bonchev–Trinajstić information content (AvgIpc) is 3.72. The number of hydrogen-bond donors (Lipinski definition) is 0. The van der Waals surface area contributed by atoms with Crippen molar-refractivity contribution < 1.29 is 56.7 Å². The number of carbonyl (C=O) groups excluding carboxylic acids is 3. The quantitative estimate of drug-likeness (QED) is 0.0172. The van der Waals surface area contributed by atoms with Crippen molar-refractivity contribution in [2.75, 3.05) is 33.5 Å². The van der Waals surface area contributed by atoms with Gasteiger partial charge in [0.25, 0.3) is 0 Å². The Bertz CT molecular complexity index is 3220. The van der Waals surface area contributed by atoms with E-state index >= 15 is 0 Å². The fraction of sp³-hybridized carbons (Fsp3) is 0.400. The van der Waals surface area contributed by atoms with E-state index in [1.54, 1.807) is 36.4 Å². The number of ether oxygens (including phenoxy) is 8. The molecule has 0 aliphatic carbocycles. The molecule has 86 heavy (non-hydrogen) atoms. The van der Waals surface area contributed by atoms with Gasteiger partial charge in [0.1, 0.15) is 23.4 Å². The summed E-state index contributed by atoms with van der Waals surface area (Å²) in [6, 6.07) is 51.9. The summed E-state index contributed by atoms with van der Waals surface area (Å²) >= 11 is 0. The topological polar surface area (TPSA) is 206 Å². The molecule has 0 aromatic heterocycles. The molecule has 0 radical (unpaired) electrons. The van der Waals surface area contributed by atoms with E-state index in [4.69, 9.17) is 58.1 Å². The van der Waals surface area contributed by atoms with E-state index in [9.17, 15) is 14.4 Å². The molecule has 0 bridgehead atoms. The average molecular weight is 1180 g/mol. The maximum atomic E-state index is 14.0. The van der Waals surface area contributed by atoms with Crippen LogP contribution in [0, 0.1) is 34.0 Å². The molecular formula is C70H79N3O12Si. The highest BCUT2D eigenvalue weighted by Crippen LogP contribution is 2.38. The van der Waals surface area contributed by atoms with E-state index in [-0.39, 0.29) is 30.9 Å². The van der Waals surface area contributed by atoms with Gasteiger partial charge in [-0.15, -0.1) is 0 Å². The fourth-order valence-corrected chi connectivity index (χ4v) is 10.4. The molecular weight excluding hydrogens is 1100 g/mol. The molecule has 0 amide bonds. The molecule has 5 atom stereocenters. The minimum atomic E-state index is -2.41. The van der Waals surface area contributed by atoms with Gasteiger partial charge in [-0.3, -0.25) is 14.4 Å². The molecule has 6 aromatic rings. The van der Waals surface area contributed by atoms with Crippen molar-refractivity contribution in [1.82, 2.24) is 0 Å². The van der Waals surface area contributed by atoms with Crippen LogP contribution in [0.2, 0.25) is 18.1 Å². The smallest absolute Gasteiger partial charge is 0.306 e. The Labute approximate surface area is 507 Å². The summed E-state index contributed by atoms with van der Waals surface area (Å²) in [6.07, 6.45) is -0.357. The second-order valence-corrected chi connectivity index (χ2v) is 27.6. The number of benzene rings is 6. The minimum absolute atomic E-state index is 0.00365. The lowest BCUT2D eigenvalue weighted by Crippen LogP contribution is -2.63. The van der Waals surface area contributed by atoms with Crippen LogP contribution in [0.4, 0.5) is 0 Å². The number of carbonyl (C=O) groups is 3. The van der Waals surface area contributed by atoms with E-state index in [1.807, 2.05) is 109 Å². The zero-order valence-electron chi connectivity index (χ0n) is 50.3. The molecule has 0 unspecified atom stereocenters. The van der Waals surface area contributed by atoms with Crippen molar-refractivity contribution in [2.45, 2.75) is 147 Å². The van der Waals surface area contributed by atoms with Crippen LogP contribution in [0.3, 0.4) is 0 Å². The van der Waals surface area contributed by atoms with Gasteiger partial charge in [-0.2, -0.15) is 15.8 Å². The van der Waals surface area contributed by atoms with Crippen molar-refractivity contribution in [3.8, 4) is 68.8 Å². The highest BCUT2D eigenvalue weighted by Gasteiger charge is 2.53. The Morgan fingerprint density at radius 3 is 1.05 bits per heavy atom. The molecule has 7 rings (SSSR count). The number of methoxy groups -OCH3 is 1. The predicted molar refractivity (Wildman–Crippen MR) is 330 cm³/mol. The van der Waals surface area contributed by atoms with E-state index in [1.165, 1.54) is 7.11 Å². The molecule has 0 spiro atoms. The van der Waals surface area contributed by atoms with Gasteiger partial charge in [0, 0.05) is 26.4 Å². The van der Waals surface area contributed by atoms with Gasteiger partial charge < -0.3 is 42.3 Å². The molecule has 1 heterocycles. The van der Waals surface area contributed by atoms with E-state index in [0.29, 0.717) is 106 Å². The molecule has 0 N–H and O–H groups in total. The Morgan fingerprint density at radius 2 is 0.744 bits per heavy atom. The lowest BCUT2D eigenvalue weighted by atomic mass is 9.98. The monoisotopic (exact) mass is 1180 g/mol. The Morgan fingerprint density at radius 1 is 0.442 bits per heavy atom. The fourth-order valence-electron chi connectivity index (χ4n) is 9.40. The summed E-state index contributed by atoms with van der Waals surface area (Å²) in [7, 11) is -0.991. The minimum Gasteiger partial charge on any atom is -0.494 e. The Kier molecular flexibility index (Phi) is 24.9. The molecule has 0 saturated carbocycles. The van der Waals surface area contributed by atoms with E-state index < -0.39 is 56.9 Å². The van der Waals surface area contributed by atoms with Crippen LogP contribution >= 0.6 is 0 Å². The number of rotatable bonds is 31. The van der Waals surface area contributed by atoms with Crippen LogP contribution in [0.5, 0.6) is 17.2 Å². The third kappa shape index (κ3) is 19.9. The number of hydrogen-bond acceptors (Lipinski definition) is 15. The summed E-state index contributed by atoms with van der Waals surface area (Å²) in [4.78, 5) is 41.8. The van der Waals surface area contributed by atoms with Gasteiger partial charge in [0.2, 0.25) is 0 Å². The van der Waals surface area contributed by atoms with Gasteiger partial charge in [0.05, 0.1) is 61.3 Å². The first-order valence-electron chi connectivity index (χ1n) is 29.7. The number of nitrogens with zero attached hydrogens (tertiary/aromatic N) is 3. The zero-order valence-corrected chi connectivity index (χ0v) is 51.3. The van der Waals surface area contributed by atoms with Crippen molar-refractivity contribution in [3.05, 3.63) is 162 Å². The maximum absolute atomic E-state index is 14.0. The summed E-state index contributed by atoms with van der Waals surface area (Å²) in [5, 5.41) is 27.3. The van der Waals surface area contributed by atoms with Crippen LogP contribution in [-0.4, -0.2) is 90.5 Å². The largest absolute Gasteiger partial charge is 0.494 e. The van der Waals surface area contributed by atoms with Gasteiger partial charge in [-0.05, 0) is 182 Å². The van der Waals surface area contributed by atoms with Crippen molar-refractivity contribution in [2.24, 2.45) is 0 Å². The van der Waals surface area contributed by atoms with Gasteiger partial charge in [-0.25, -0.2) is 0 Å². The first-order valence-corrected chi connectivity index (χ1v) is 32.6.